The first-order valence-electron chi connectivity index (χ1n) is 11.9. The summed E-state index contributed by atoms with van der Waals surface area (Å²) in [5.41, 5.74) is 2.41. The molecule has 0 saturated heterocycles. The predicted octanol–water partition coefficient (Wildman–Crippen LogP) is 3.33. The van der Waals surface area contributed by atoms with E-state index in [1.165, 1.54) is 12.1 Å². The molecule has 1 saturated carbocycles. The highest BCUT2D eigenvalue weighted by atomic mass is 19.1. The number of amides is 1. The molecule has 2 unspecified atom stereocenters. The molecule has 1 aromatic heterocycles. The zero-order valence-corrected chi connectivity index (χ0v) is 19.7. The van der Waals surface area contributed by atoms with Crippen LogP contribution in [0.2, 0.25) is 0 Å². The van der Waals surface area contributed by atoms with Crippen LogP contribution in [0.4, 0.5) is 4.39 Å². The molecule has 0 radical (unpaired) electrons. The summed E-state index contributed by atoms with van der Waals surface area (Å²) in [5, 5.41) is 36.8. The molecule has 186 valence electrons. The number of carbonyl (C=O) groups is 2. The lowest BCUT2D eigenvalue weighted by Crippen LogP contribution is -2.33. The zero-order valence-electron chi connectivity index (χ0n) is 19.7. The molecule has 9 heteroatoms. The summed E-state index contributed by atoms with van der Waals surface area (Å²) in [6, 6.07) is 5.95. The molecule has 1 aliphatic rings. The van der Waals surface area contributed by atoms with E-state index in [1.54, 1.807) is 16.8 Å². The minimum atomic E-state index is -1.15. The van der Waals surface area contributed by atoms with Gasteiger partial charge in [-0.3, -0.25) is 9.59 Å². The van der Waals surface area contributed by atoms with Crippen molar-refractivity contribution in [1.82, 2.24) is 15.1 Å². The van der Waals surface area contributed by atoms with E-state index in [4.69, 9.17) is 5.11 Å². The van der Waals surface area contributed by atoms with Crippen molar-refractivity contribution < 1.29 is 29.3 Å². The normalized spacial score (nSPS) is 16.1. The molecule has 0 bridgehead atoms. The summed E-state index contributed by atoms with van der Waals surface area (Å²) in [6.07, 6.45) is 2.07. The quantitative estimate of drug-likeness (QED) is 0.395. The van der Waals surface area contributed by atoms with Crippen molar-refractivity contribution >= 4 is 11.9 Å². The lowest BCUT2D eigenvalue weighted by atomic mass is 9.95. The molecule has 34 heavy (non-hydrogen) atoms. The molecule has 2 aromatic rings. The monoisotopic (exact) mass is 475 g/mol. The van der Waals surface area contributed by atoms with Crippen LogP contribution in [0.5, 0.6) is 0 Å². The number of carboxylic acids is 1. The maximum atomic E-state index is 13.5. The third kappa shape index (κ3) is 6.64. The van der Waals surface area contributed by atoms with E-state index >= 15 is 0 Å². The van der Waals surface area contributed by atoms with Crippen molar-refractivity contribution in [3.8, 4) is 5.69 Å². The van der Waals surface area contributed by atoms with Crippen LogP contribution in [-0.4, -0.2) is 55.2 Å². The van der Waals surface area contributed by atoms with Gasteiger partial charge in [-0.1, -0.05) is 26.7 Å². The molecule has 1 aliphatic carbocycles. The molecule has 8 nitrogen and oxygen atoms in total. The van der Waals surface area contributed by atoms with Gasteiger partial charge in [0.15, 0.2) is 5.69 Å². The van der Waals surface area contributed by atoms with Crippen LogP contribution < -0.4 is 5.32 Å². The molecule has 1 heterocycles. The van der Waals surface area contributed by atoms with Gasteiger partial charge in [0.2, 0.25) is 0 Å². The number of benzene rings is 1. The maximum absolute atomic E-state index is 13.5. The van der Waals surface area contributed by atoms with E-state index in [0.29, 0.717) is 17.8 Å². The van der Waals surface area contributed by atoms with E-state index in [2.05, 4.69) is 10.4 Å². The highest BCUT2D eigenvalue weighted by molar-refractivity contribution is 5.94. The fraction of sp³-hybridized carbons (Fsp3) is 0.560. The Hall–Kier alpha value is -2.78. The van der Waals surface area contributed by atoms with Crippen LogP contribution in [0, 0.1) is 5.82 Å². The van der Waals surface area contributed by atoms with E-state index in [1.807, 2.05) is 13.8 Å². The Kier molecular flexibility index (Phi) is 8.79. The van der Waals surface area contributed by atoms with Gasteiger partial charge in [0.1, 0.15) is 5.82 Å². The van der Waals surface area contributed by atoms with Gasteiger partial charge >= 0.3 is 5.97 Å². The summed E-state index contributed by atoms with van der Waals surface area (Å²) in [5.74, 6) is -1.80. The molecule has 1 aromatic carbocycles. The van der Waals surface area contributed by atoms with Gasteiger partial charge < -0.3 is 20.6 Å². The number of nitrogens with one attached hydrogen (secondary N) is 1. The Morgan fingerprint density at radius 2 is 1.79 bits per heavy atom. The van der Waals surface area contributed by atoms with Gasteiger partial charge in [-0.25, -0.2) is 9.07 Å². The van der Waals surface area contributed by atoms with E-state index < -0.39 is 24.6 Å². The van der Waals surface area contributed by atoms with E-state index in [-0.39, 0.29) is 36.5 Å². The number of aromatic nitrogens is 2. The average molecular weight is 476 g/mol. The molecule has 2 atom stereocenters. The van der Waals surface area contributed by atoms with Crippen molar-refractivity contribution in [2.75, 3.05) is 0 Å². The summed E-state index contributed by atoms with van der Waals surface area (Å²) < 4.78 is 15.2. The number of aliphatic hydroxyl groups excluding tert-OH is 2. The predicted molar refractivity (Wildman–Crippen MR) is 125 cm³/mol. The standard InChI is InChI=1S/C25H34FN3O5/c1-15(2)23-21(12-11-19(30)13-20(31)14-22(32)33)29(18-9-7-16(26)8-10-18)28-24(23)25(34)27-17-5-3-4-6-17/h7-10,15,17,19-20,30-31H,3-6,11-14H2,1-2H3,(H,27,34)(H,32,33). The van der Waals surface area contributed by atoms with Crippen LogP contribution >= 0.6 is 0 Å². The number of nitrogens with zero attached hydrogens (tertiary/aromatic N) is 2. The first kappa shape index (κ1) is 25.8. The average Bonchev–Trinajstić information content (AvgIpc) is 3.39. The van der Waals surface area contributed by atoms with Gasteiger partial charge in [-0.2, -0.15) is 5.10 Å². The Morgan fingerprint density at radius 3 is 2.38 bits per heavy atom. The Morgan fingerprint density at radius 1 is 1.15 bits per heavy atom. The number of hydrogen-bond donors (Lipinski definition) is 4. The third-order valence-corrected chi connectivity index (χ3v) is 6.24. The number of rotatable bonds is 11. The Balaban J connectivity index is 1.90. The number of carboxylic acid groups (broad SMARTS) is 1. The van der Waals surface area contributed by atoms with Gasteiger partial charge in [0.25, 0.3) is 5.91 Å². The Labute approximate surface area is 198 Å². The second kappa shape index (κ2) is 11.6. The van der Waals surface area contributed by atoms with Gasteiger partial charge in [0, 0.05) is 17.3 Å². The van der Waals surface area contributed by atoms with Crippen molar-refractivity contribution in [2.24, 2.45) is 0 Å². The molecule has 1 fully saturated rings. The van der Waals surface area contributed by atoms with Gasteiger partial charge in [-0.05, 0) is 62.3 Å². The summed E-state index contributed by atoms with van der Waals surface area (Å²) in [6.45, 7) is 3.93. The van der Waals surface area contributed by atoms with Crippen LogP contribution in [0.15, 0.2) is 24.3 Å². The minimum absolute atomic E-state index is 0.0386. The van der Waals surface area contributed by atoms with Gasteiger partial charge in [-0.15, -0.1) is 0 Å². The van der Waals surface area contributed by atoms with E-state index in [9.17, 15) is 24.2 Å². The first-order valence-corrected chi connectivity index (χ1v) is 11.9. The largest absolute Gasteiger partial charge is 0.481 e. The van der Waals surface area contributed by atoms with Crippen LogP contribution in [-0.2, 0) is 11.2 Å². The first-order chi connectivity index (χ1) is 16.2. The van der Waals surface area contributed by atoms with Gasteiger partial charge in [0.05, 0.1) is 24.3 Å². The lowest BCUT2D eigenvalue weighted by Gasteiger charge is -2.17. The molecule has 1 amide bonds. The van der Waals surface area contributed by atoms with E-state index in [0.717, 1.165) is 36.9 Å². The second-order valence-electron chi connectivity index (χ2n) is 9.39. The molecule has 3 rings (SSSR count). The summed E-state index contributed by atoms with van der Waals surface area (Å²) in [4.78, 5) is 24.0. The fourth-order valence-corrected chi connectivity index (χ4v) is 4.62. The van der Waals surface area contributed by atoms with Crippen molar-refractivity contribution in [2.45, 2.75) is 89.4 Å². The maximum Gasteiger partial charge on any atom is 0.305 e. The number of aliphatic hydroxyl groups is 2. The van der Waals surface area contributed by atoms with Crippen LogP contribution in [0.1, 0.15) is 86.5 Å². The highest BCUT2D eigenvalue weighted by Crippen LogP contribution is 2.29. The van der Waals surface area contributed by atoms with Crippen molar-refractivity contribution in [3.63, 3.8) is 0 Å². The van der Waals surface area contributed by atoms with Crippen LogP contribution in [0.25, 0.3) is 5.69 Å². The topological polar surface area (TPSA) is 125 Å². The molecule has 4 N–H and O–H groups in total. The molecule has 0 aliphatic heterocycles. The Bertz CT molecular complexity index is 983. The highest BCUT2D eigenvalue weighted by Gasteiger charge is 2.28. The van der Waals surface area contributed by atoms with Crippen LogP contribution in [0.3, 0.4) is 0 Å². The molecular formula is C25H34FN3O5. The molecular weight excluding hydrogens is 441 g/mol. The summed E-state index contributed by atoms with van der Waals surface area (Å²) in [7, 11) is 0. The second-order valence-corrected chi connectivity index (χ2v) is 9.39. The zero-order chi connectivity index (χ0) is 24.8. The number of hydrogen-bond acceptors (Lipinski definition) is 5. The van der Waals surface area contributed by atoms with Crippen molar-refractivity contribution in [1.29, 1.82) is 0 Å². The lowest BCUT2D eigenvalue weighted by molar-refractivity contribution is -0.139. The number of carbonyl (C=O) groups excluding carboxylic acids is 1. The number of aliphatic carboxylic acids is 1. The SMILES string of the molecule is CC(C)c1c(C(=O)NC2CCCC2)nn(-c2ccc(F)cc2)c1CCC(O)CC(O)CC(=O)O. The smallest absolute Gasteiger partial charge is 0.305 e. The fourth-order valence-electron chi connectivity index (χ4n) is 4.62. The number of halogens is 1. The van der Waals surface area contributed by atoms with Crippen molar-refractivity contribution in [3.05, 3.63) is 47.0 Å². The minimum Gasteiger partial charge on any atom is -0.481 e. The molecule has 0 spiro atoms. The third-order valence-electron chi connectivity index (χ3n) is 6.24. The summed E-state index contributed by atoms with van der Waals surface area (Å²) >= 11 is 0.